The zero-order chi connectivity index (χ0) is 20.1. The second-order valence-electron chi connectivity index (χ2n) is 6.73. The fourth-order valence-electron chi connectivity index (χ4n) is 3.11. The third-order valence-electron chi connectivity index (χ3n) is 4.60. The minimum atomic E-state index is -3.18. The average Bonchev–Trinajstić information content (AvgIpc) is 3.13. The summed E-state index contributed by atoms with van der Waals surface area (Å²) in [6.07, 6.45) is 3.91. The number of aromatic nitrogens is 1. The van der Waals surface area contributed by atoms with Crippen LogP contribution in [-0.4, -0.2) is 51.8 Å². The maximum atomic E-state index is 11.5. The van der Waals surface area contributed by atoms with Gasteiger partial charge in [-0.15, -0.1) is 24.0 Å². The number of sulfone groups is 1. The lowest BCUT2D eigenvalue weighted by Crippen LogP contribution is -2.44. The molecule has 10 heteroatoms. The first kappa shape index (κ1) is 23.7. The molecule has 1 aliphatic heterocycles. The second kappa shape index (κ2) is 10.4. The summed E-state index contributed by atoms with van der Waals surface area (Å²) >= 11 is 6.24. The van der Waals surface area contributed by atoms with Gasteiger partial charge in [0.25, 0.3) is 0 Å². The number of benzene rings is 1. The topological polar surface area (TPSA) is 86.7 Å². The van der Waals surface area contributed by atoms with Crippen LogP contribution in [0.3, 0.4) is 0 Å². The molecule has 0 bridgehead atoms. The van der Waals surface area contributed by atoms with Crippen molar-refractivity contribution in [3.05, 3.63) is 53.2 Å². The highest BCUT2D eigenvalue weighted by Gasteiger charge is 2.25. The molecule has 1 fully saturated rings. The maximum Gasteiger partial charge on any atom is 0.191 e. The van der Waals surface area contributed by atoms with E-state index in [9.17, 15) is 8.42 Å². The summed E-state index contributed by atoms with van der Waals surface area (Å²) in [6.45, 7) is 2.21. The van der Waals surface area contributed by atoms with Crippen molar-refractivity contribution in [1.29, 1.82) is 0 Å². The molecular weight excluding hydrogens is 525 g/mol. The summed E-state index contributed by atoms with van der Waals surface area (Å²) < 4.78 is 23.1. The van der Waals surface area contributed by atoms with Crippen LogP contribution in [0.5, 0.6) is 0 Å². The van der Waals surface area contributed by atoms with Gasteiger partial charge in [-0.2, -0.15) is 0 Å². The molecule has 1 aliphatic rings. The van der Waals surface area contributed by atoms with Crippen LogP contribution in [0.15, 0.2) is 52.5 Å². The summed E-state index contributed by atoms with van der Waals surface area (Å²) in [5, 5.41) is 7.34. The molecule has 29 heavy (non-hydrogen) atoms. The number of halogens is 2. The van der Waals surface area contributed by atoms with Crippen molar-refractivity contribution in [3.63, 3.8) is 0 Å². The molecule has 0 aliphatic carbocycles. The lowest BCUT2D eigenvalue weighted by molar-refractivity contribution is 0.602. The number of pyridine rings is 1. The minimum Gasteiger partial charge on any atom is -0.353 e. The number of aliphatic imine (C=N–C) groups is 1. The number of rotatable bonds is 5. The zero-order valence-corrected chi connectivity index (χ0v) is 20.2. The summed E-state index contributed by atoms with van der Waals surface area (Å²) in [7, 11) is -1.45. The van der Waals surface area contributed by atoms with Crippen molar-refractivity contribution >= 4 is 57.2 Å². The van der Waals surface area contributed by atoms with Crippen LogP contribution in [-0.2, 0) is 16.4 Å². The van der Waals surface area contributed by atoms with Crippen molar-refractivity contribution in [2.75, 3.05) is 31.3 Å². The highest BCUT2D eigenvalue weighted by atomic mass is 127. The Bertz CT molecular complexity index is 953. The summed E-state index contributed by atoms with van der Waals surface area (Å²) in [6, 6.07) is 10.7. The first-order valence-electron chi connectivity index (χ1n) is 8.98. The SMILES string of the molecule is CN=C(NCc1ccc(S(C)(=O)=O)cc1)NC1CCN(c2ncccc2Cl)C1.I. The van der Waals surface area contributed by atoms with Crippen molar-refractivity contribution in [2.24, 2.45) is 4.99 Å². The molecule has 0 radical (unpaired) electrons. The van der Waals surface area contributed by atoms with Crippen LogP contribution in [0.25, 0.3) is 0 Å². The maximum absolute atomic E-state index is 11.5. The molecule has 1 unspecified atom stereocenters. The molecule has 3 rings (SSSR count). The van der Waals surface area contributed by atoms with E-state index in [2.05, 4.69) is 25.5 Å². The van der Waals surface area contributed by atoms with E-state index in [1.54, 1.807) is 37.5 Å². The summed E-state index contributed by atoms with van der Waals surface area (Å²) in [5.41, 5.74) is 0.976. The third-order valence-corrected chi connectivity index (χ3v) is 6.03. The van der Waals surface area contributed by atoms with Gasteiger partial charge in [-0.3, -0.25) is 4.99 Å². The fraction of sp³-hybridized carbons (Fsp3) is 0.368. The molecule has 2 heterocycles. The van der Waals surface area contributed by atoms with E-state index in [-0.39, 0.29) is 30.0 Å². The molecule has 158 valence electrons. The highest BCUT2D eigenvalue weighted by Crippen LogP contribution is 2.25. The average molecular weight is 550 g/mol. The monoisotopic (exact) mass is 549 g/mol. The molecule has 2 N–H and O–H groups in total. The van der Waals surface area contributed by atoms with E-state index < -0.39 is 9.84 Å². The summed E-state index contributed by atoms with van der Waals surface area (Å²) in [4.78, 5) is 11.1. The predicted molar refractivity (Wildman–Crippen MR) is 128 cm³/mol. The lowest BCUT2D eigenvalue weighted by Gasteiger charge is -2.20. The molecular formula is C19H25ClIN5O2S. The van der Waals surface area contributed by atoms with Gasteiger partial charge in [0.1, 0.15) is 5.82 Å². The normalized spacial score (nSPS) is 17.0. The van der Waals surface area contributed by atoms with E-state index in [0.717, 1.165) is 30.9 Å². The Kier molecular flexibility index (Phi) is 8.53. The lowest BCUT2D eigenvalue weighted by atomic mass is 10.2. The van der Waals surface area contributed by atoms with Crippen molar-refractivity contribution in [3.8, 4) is 0 Å². The first-order chi connectivity index (χ1) is 13.4. The van der Waals surface area contributed by atoms with Gasteiger partial charge in [-0.1, -0.05) is 23.7 Å². The zero-order valence-electron chi connectivity index (χ0n) is 16.3. The molecule has 2 aromatic rings. The van der Waals surface area contributed by atoms with Gasteiger partial charge >= 0.3 is 0 Å². The van der Waals surface area contributed by atoms with Crippen LogP contribution in [0.1, 0.15) is 12.0 Å². The van der Waals surface area contributed by atoms with Gasteiger partial charge in [0.2, 0.25) is 0 Å². The molecule has 0 saturated carbocycles. The Labute approximate surface area is 193 Å². The van der Waals surface area contributed by atoms with Gasteiger partial charge in [0.05, 0.1) is 9.92 Å². The molecule has 1 aromatic heterocycles. The van der Waals surface area contributed by atoms with Crippen LogP contribution >= 0.6 is 35.6 Å². The van der Waals surface area contributed by atoms with Gasteiger partial charge in [0.15, 0.2) is 15.8 Å². The van der Waals surface area contributed by atoms with Crippen LogP contribution < -0.4 is 15.5 Å². The number of nitrogens with zero attached hydrogens (tertiary/aromatic N) is 3. The molecule has 0 amide bonds. The van der Waals surface area contributed by atoms with E-state index in [4.69, 9.17) is 11.6 Å². The molecule has 1 atom stereocenters. The van der Waals surface area contributed by atoms with Crippen LogP contribution in [0.4, 0.5) is 5.82 Å². The van der Waals surface area contributed by atoms with Crippen LogP contribution in [0.2, 0.25) is 5.02 Å². The van der Waals surface area contributed by atoms with Gasteiger partial charge in [-0.25, -0.2) is 13.4 Å². The van der Waals surface area contributed by atoms with Gasteiger partial charge < -0.3 is 15.5 Å². The minimum absolute atomic E-state index is 0. The molecule has 0 spiro atoms. The molecule has 1 saturated heterocycles. The predicted octanol–water partition coefficient (Wildman–Crippen LogP) is 2.70. The fourth-order valence-corrected chi connectivity index (χ4v) is 3.98. The van der Waals surface area contributed by atoms with E-state index in [1.165, 1.54) is 6.26 Å². The van der Waals surface area contributed by atoms with Crippen molar-refractivity contribution in [2.45, 2.75) is 23.9 Å². The number of nitrogens with one attached hydrogen (secondary N) is 2. The van der Waals surface area contributed by atoms with Gasteiger partial charge in [0, 0.05) is 45.2 Å². The Morgan fingerprint density at radius 1 is 1.31 bits per heavy atom. The number of hydrogen-bond donors (Lipinski definition) is 2. The van der Waals surface area contributed by atoms with Gasteiger partial charge in [-0.05, 0) is 36.2 Å². The van der Waals surface area contributed by atoms with E-state index in [0.29, 0.717) is 22.4 Å². The van der Waals surface area contributed by atoms with Crippen molar-refractivity contribution < 1.29 is 8.42 Å². The quantitative estimate of drug-likeness (QED) is 0.339. The van der Waals surface area contributed by atoms with Crippen molar-refractivity contribution in [1.82, 2.24) is 15.6 Å². The largest absolute Gasteiger partial charge is 0.353 e. The second-order valence-corrected chi connectivity index (χ2v) is 9.15. The Morgan fingerprint density at radius 3 is 2.66 bits per heavy atom. The van der Waals surface area contributed by atoms with E-state index in [1.807, 2.05) is 12.1 Å². The first-order valence-corrected chi connectivity index (χ1v) is 11.3. The smallest absolute Gasteiger partial charge is 0.191 e. The number of anilines is 1. The summed E-state index contributed by atoms with van der Waals surface area (Å²) in [5.74, 6) is 1.51. The van der Waals surface area contributed by atoms with Crippen LogP contribution in [0, 0.1) is 0 Å². The Hall–Kier alpha value is -1.59. The van der Waals surface area contributed by atoms with E-state index >= 15 is 0 Å². The Balaban J connectivity index is 0.00000300. The third kappa shape index (κ3) is 6.45. The Morgan fingerprint density at radius 2 is 2.03 bits per heavy atom. The number of guanidine groups is 1. The molecule has 1 aromatic carbocycles. The number of hydrogen-bond acceptors (Lipinski definition) is 5. The molecule has 7 nitrogen and oxygen atoms in total. The highest BCUT2D eigenvalue weighted by molar-refractivity contribution is 14.0. The standard InChI is InChI=1S/C19H24ClN5O2S.HI/c1-21-19(23-12-14-5-7-16(8-6-14)28(2,26)27)24-15-9-11-25(13-15)18-17(20)4-3-10-22-18;/h3-8,10,15H,9,11-13H2,1-2H3,(H2,21,23,24);1H.